The van der Waals surface area contributed by atoms with Crippen molar-refractivity contribution in [3.05, 3.63) is 83.9 Å². The molecule has 1 heterocycles. The summed E-state index contributed by atoms with van der Waals surface area (Å²) in [5, 5.41) is 3.05. The van der Waals surface area contributed by atoms with Crippen LogP contribution in [0.25, 0.3) is 0 Å². The van der Waals surface area contributed by atoms with Crippen LogP contribution in [-0.2, 0) is 6.54 Å². The largest absolute Gasteiger partial charge is 0.333 e. The van der Waals surface area contributed by atoms with E-state index in [0.717, 1.165) is 26.7 Å². The molecule has 4 heteroatoms. The Hall–Kier alpha value is -2.72. The zero-order valence-corrected chi connectivity index (χ0v) is 14.7. The van der Waals surface area contributed by atoms with Gasteiger partial charge in [0.2, 0.25) is 0 Å². The number of rotatable bonds is 2. The molecule has 0 saturated carbocycles. The number of carbonyl (C=O) groups excluding carboxylic acids is 1. The minimum Gasteiger partial charge on any atom is -0.333 e. The molecule has 3 aromatic rings. The summed E-state index contributed by atoms with van der Waals surface area (Å²) in [5.74, 6) is 0. The summed E-state index contributed by atoms with van der Waals surface area (Å²) < 4.78 is 0. The fourth-order valence-corrected chi connectivity index (χ4v) is 3.94. The summed E-state index contributed by atoms with van der Waals surface area (Å²) in [6.45, 7) is 2.56. The Morgan fingerprint density at radius 3 is 2.04 bits per heavy atom. The van der Waals surface area contributed by atoms with Crippen molar-refractivity contribution in [3.63, 3.8) is 0 Å². The van der Waals surface area contributed by atoms with E-state index in [4.69, 9.17) is 0 Å². The number of carbonyl (C=O) groups is 1. The molecule has 1 N–H and O–H groups in total. The van der Waals surface area contributed by atoms with Crippen LogP contribution in [0.4, 0.5) is 16.2 Å². The summed E-state index contributed by atoms with van der Waals surface area (Å²) in [5.41, 5.74) is 4.15. The molecule has 1 aliphatic rings. The van der Waals surface area contributed by atoms with E-state index in [1.54, 1.807) is 16.7 Å². The van der Waals surface area contributed by atoms with Crippen molar-refractivity contribution in [1.29, 1.82) is 0 Å². The predicted molar refractivity (Wildman–Crippen MR) is 103 cm³/mol. The van der Waals surface area contributed by atoms with Crippen LogP contribution in [0.2, 0.25) is 0 Å². The molecule has 25 heavy (non-hydrogen) atoms. The Kier molecular flexibility index (Phi) is 4.20. The highest BCUT2D eigenvalue weighted by atomic mass is 32.2. The second kappa shape index (κ2) is 6.65. The van der Waals surface area contributed by atoms with Gasteiger partial charge in [-0.05, 0) is 36.8 Å². The molecule has 4 rings (SSSR count). The fraction of sp³-hybridized carbons (Fsp3) is 0.0952. The normalized spacial score (nSPS) is 12.3. The molecule has 2 amide bonds. The van der Waals surface area contributed by atoms with Crippen LogP contribution >= 0.6 is 11.8 Å². The Morgan fingerprint density at radius 1 is 0.880 bits per heavy atom. The topological polar surface area (TPSA) is 32.3 Å². The predicted octanol–water partition coefficient (Wildman–Crippen LogP) is 5.51. The number of benzene rings is 3. The van der Waals surface area contributed by atoms with Gasteiger partial charge >= 0.3 is 6.03 Å². The molecule has 0 saturated heterocycles. The first kappa shape index (κ1) is 15.8. The SMILES string of the molecule is Cc1ccc(CNC(=O)N2c3ccccc3Sc3ccccc32)cc1. The maximum Gasteiger partial charge on any atom is 0.326 e. The monoisotopic (exact) mass is 346 g/mol. The molecule has 3 aromatic carbocycles. The molecule has 0 atom stereocenters. The third kappa shape index (κ3) is 3.13. The second-order valence-electron chi connectivity index (χ2n) is 6.02. The van der Waals surface area contributed by atoms with Gasteiger partial charge in [0, 0.05) is 16.3 Å². The van der Waals surface area contributed by atoms with Crippen molar-refractivity contribution in [2.45, 2.75) is 23.3 Å². The number of nitrogens with one attached hydrogen (secondary N) is 1. The van der Waals surface area contributed by atoms with Gasteiger partial charge in [0.25, 0.3) is 0 Å². The number of fused-ring (bicyclic) bond motifs is 2. The van der Waals surface area contributed by atoms with Crippen LogP contribution in [0.5, 0.6) is 0 Å². The zero-order valence-electron chi connectivity index (χ0n) is 13.9. The standard InChI is InChI=1S/C21H18N2OS/c1-15-10-12-16(13-11-15)14-22-21(24)23-17-6-2-4-8-19(17)25-20-9-5-3-7-18(20)23/h2-13H,14H2,1H3,(H,22,24). The van der Waals surface area contributed by atoms with Gasteiger partial charge in [-0.2, -0.15) is 0 Å². The number of hydrogen-bond acceptors (Lipinski definition) is 2. The highest BCUT2D eigenvalue weighted by Gasteiger charge is 2.27. The third-order valence-electron chi connectivity index (χ3n) is 4.20. The zero-order chi connectivity index (χ0) is 17.2. The lowest BCUT2D eigenvalue weighted by molar-refractivity contribution is 0.248. The number of amides is 2. The molecule has 0 radical (unpaired) electrons. The van der Waals surface area contributed by atoms with Crippen molar-refractivity contribution in [3.8, 4) is 0 Å². The van der Waals surface area contributed by atoms with Gasteiger partial charge < -0.3 is 5.32 Å². The summed E-state index contributed by atoms with van der Waals surface area (Å²) in [6.07, 6.45) is 0. The highest BCUT2D eigenvalue weighted by molar-refractivity contribution is 7.99. The van der Waals surface area contributed by atoms with E-state index in [0.29, 0.717) is 6.54 Å². The average molecular weight is 346 g/mol. The fourth-order valence-electron chi connectivity index (χ4n) is 2.89. The van der Waals surface area contributed by atoms with Crippen molar-refractivity contribution < 1.29 is 4.79 Å². The second-order valence-corrected chi connectivity index (χ2v) is 7.10. The number of anilines is 2. The van der Waals surface area contributed by atoms with Crippen molar-refractivity contribution in [1.82, 2.24) is 5.32 Å². The number of nitrogens with zero attached hydrogens (tertiary/aromatic N) is 1. The molecule has 0 fully saturated rings. The maximum absolute atomic E-state index is 13.0. The van der Waals surface area contributed by atoms with E-state index in [1.807, 2.05) is 48.5 Å². The van der Waals surface area contributed by atoms with Gasteiger partial charge in [0.15, 0.2) is 0 Å². The first-order valence-corrected chi connectivity index (χ1v) is 9.03. The summed E-state index contributed by atoms with van der Waals surface area (Å²) in [7, 11) is 0. The molecular formula is C21H18N2OS. The number of hydrogen-bond donors (Lipinski definition) is 1. The van der Waals surface area contributed by atoms with Crippen LogP contribution in [0.1, 0.15) is 11.1 Å². The quantitative estimate of drug-likeness (QED) is 0.664. The lowest BCUT2D eigenvalue weighted by Gasteiger charge is -2.31. The Labute approximate surface area is 151 Å². The van der Waals surface area contributed by atoms with Crippen molar-refractivity contribution in [2.24, 2.45) is 0 Å². The van der Waals surface area contributed by atoms with E-state index in [1.165, 1.54) is 5.56 Å². The minimum absolute atomic E-state index is 0.110. The lowest BCUT2D eigenvalue weighted by Crippen LogP contribution is -2.37. The Balaban J connectivity index is 1.62. The first-order valence-electron chi connectivity index (χ1n) is 8.22. The van der Waals surface area contributed by atoms with Gasteiger partial charge in [0.05, 0.1) is 11.4 Å². The van der Waals surface area contributed by atoms with Gasteiger partial charge in [-0.3, -0.25) is 4.90 Å². The van der Waals surface area contributed by atoms with Crippen LogP contribution in [0, 0.1) is 6.92 Å². The van der Waals surface area contributed by atoms with E-state index in [-0.39, 0.29) is 6.03 Å². The molecule has 0 unspecified atom stereocenters. The van der Waals surface area contributed by atoms with Gasteiger partial charge in [-0.25, -0.2) is 4.79 Å². The average Bonchev–Trinajstić information content (AvgIpc) is 2.65. The van der Waals surface area contributed by atoms with Crippen LogP contribution in [-0.4, -0.2) is 6.03 Å². The van der Waals surface area contributed by atoms with Crippen LogP contribution in [0.3, 0.4) is 0 Å². The molecule has 0 bridgehead atoms. The molecule has 1 aliphatic heterocycles. The van der Waals surface area contributed by atoms with Crippen LogP contribution < -0.4 is 10.2 Å². The van der Waals surface area contributed by atoms with Gasteiger partial charge in [0.1, 0.15) is 0 Å². The summed E-state index contributed by atoms with van der Waals surface area (Å²) >= 11 is 1.70. The molecule has 0 aliphatic carbocycles. The van der Waals surface area contributed by atoms with E-state index in [2.05, 4.69) is 36.5 Å². The van der Waals surface area contributed by atoms with E-state index < -0.39 is 0 Å². The van der Waals surface area contributed by atoms with Crippen LogP contribution in [0.15, 0.2) is 82.6 Å². The molecular weight excluding hydrogens is 328 g/mol. The van der Waals surface area contributed by atoms with Crippen molar-refractivity contribution in [2.75, 3.05) is 4.90 Å². The molecule has 3 nitrogen and oxygen atoms in total. The number of para-hydroxylation sites is 2. The first-order chi connectivity index (χ1) is 12.2. The lowest BCUT2D eigenvalue weighted by atomic mass is 10.1. The Morgan fingerprint density at radius 2 is 1.44 bits per heavy atom. The smallest absolute Gasteiger partial charge is 0.326 e. The third-order valence-corrected chi connectivity index (χ3v) is 5.33. The Bertz CT molecular complexity index is 876. The van der Waals surface area contributed by atoms with Gasteiger partial charge in [-0.15, -0.1) is 0 Å². The molecule has 0 aromatic heterocycles. The van der Waals surface area contributed by atoms with Gasteiger partial charge in [-0.1, -0.05) is 65.9 Å². The summed E-state index contributed by atoms with van der Waals surface area (Å²) in [4.78, 5) is 16.9. The highest BCUT2D eigenvalue weighted by Crippen LogP contribution is 2.47. The summed E-state index contributed by atoms with van der Waals surface area (Å²) in [6, 6.07) is 24.1. The molecule has 124 valence electrons. The number of aryl methyl sites for hydroxylation is 1. The van der Waals surface area contributed by atoms with E-state index >= 15 is 0 Å². The number of urea groups is 1. The van der Waals surface area contributed by atoms with E-state index in [9.17, 15) is 4.79 Å². The molecule has 0 spiro atoms. The van der Waals surface area contributed by atoms with Crippen molar-refractivity contribution >= 4 is 29.2 Å². The maximum atomic E-state index is 13.0. The minimum atomic E-state index is -0.110.